The number of nitrogens with two attached hydrogens (primary N) is 1. The fourth-order valence-electron chi connectivity index (χ4n) is 1.88. The molecule has 0 fully saturated rings. The highest BCUT2D eigenvalue weighted by molar-refractivity contribution is 5.73. The zero-order valence-corrected chi connectivity index (χ0v) is 11.1. The fourth-order valence-corrected chi connectivity index (χ4v) is 1.88. The monoisotopic (exact) mass is 272 g/mol. The van der Waals surface area contributed by atoms with Crippen LogP contribution in [0.2, 0.25) is 0 Å². The van der Waals surface area contributed by atoms with Gasteiger partial charge in [-0.25, -0.2) is 4.98 Å². The van der Waals surface area contributed by atoms with E-state index in [0.29, 0.717) is 12.3 Å². The van der Waals surface area contributed by atoms with Crippen LogP contribution in [0.3, 0.4) is 0 Å². The van der Waals surface area contributed by atoms with Gasteiger partial charge in [0.1, 0.15) is 6.04 Å². The molecule has 0 bridgehead atoms. The first-order valence-electron chi connectivity index (χ1n) is 6.18. The summed E-state index contributed by atoms with van der Waals surface area (Å²) in [7, 11) is 1.57. The number of carboxylic acids is 1. The Balaban J connectivity index is 2.17. The molecule has 2 aromatic rings. The number of methoxy groups -OCH3 is 1. The van der Waals surface area contributed by atoms with Crippen molar-refractivity contribution in [1.82, 2.24) is 4.98 Å². The molecule has 3 N–H and O–H groups in total. The van der Waals surface area contributed by atoms with E-state index in [2.05, 4.69) is 4.98 Å². The van der Waals surface area contributed by atoms with Gasteiger partial charge in [-0.05, 0) is 29.2 Å². The van der Waals surface area contributed by atoms with E-state index < -0.39 is 12.0 Å². The van der Waals surface area contributed by atoms with Crippen LogP contribution in [0, 0.1) is 0 Å². The third kappa shape index (κ3) is 3.33. The van der Waals surface area contributed by atoms with Crippen molar-refractivity contribution in [1.29, 1.82) is 0 Å². The van der Waals surface area contributed by atoms with E-state index in [9.17, 15) is 4.79 Å². The lowest BCUT2D eigenvalue weighted by Gasteiger charge is -2.08. The lowest BCUT2D eigenvalue weighted by Crippen LogP contribution is -2.32. The van der Waals surface area contributed by atoms with Crippen LogP contribution in [-0.4, -0.2) is 29.2 Å². The van der Waals surface area contributed by atoms with Gasteiger partial charge in [0.25, 0.3) is 0 Å². The number of ether oxygens (including phenoxy) is 1. The Morgan fingerprint density at radius 2 is 2.00 bits per heavy atom. The summed E-state index contributed by atoms with van der Waals surface area (Å²) < 4.78 is 5.09. The Bertz CT molecular complexity index is 596. The molecule has 0 saturated carbocycles. The lowest BCUT2D eigenvalue weighted by atomic mass is 10.0. The molecule has 104 valence electrons. The van der Waals surface area contributed by atoms with E-state index in [1.165, 1.54) is 0 Å². The molecule has 0 spiro atoms. The fraction of sp³-hybridized carbons (Fsp3) is 0.200. The molecule has 1 heterocycles. The molecule has 0 amide bonds. The van der Waals surface area contributed by atoms with Crippen LogP contribution < -0.4 is 10.5 Å². The summed E-state index contributed by atoms with van der Waals surface area (Å²) in [6.45, 7) is 0. The zero-order valence-electron chi connectivity index (χ0n) is 11.1. The number of benzene rings is 1. The van der Waals surface area contributed by atoms with Gasteiger partial charge in [0.05, 0.1) is 7.11 Å². The molecule has 1 aromatic heterocycles. The van der Waals surface area contributed by atoms with Gasteiger partial charge in [-0.15, -0.1) is 0 Å². The van der Waals surface area contributed by atoms with Crippen molar-refractivity contribution in [3.05, 3.63) is 48.2 Å². The second-order valence-corrected chi connectivity index (χ2v) is 4.43. The molecule has 5 heteroatoms. The molecule has 2 rings (SSSR count). The molecule has 0 aliphatic carbocycles. The van der Waals surface area contributed by atoms with Crippen LogP contribution in [-0.2, 0) is 11.2 Å². The van der Waals surface area contributed by atoms with Gasteiger partial charge in [-0.3, -0.25) is 4.79 Å². The van der Waals surface area contributed by atoms with Crippen LogP contribution in [0.15, 0.2) is 42.6 Å². The highest BCUT2D eigenvalue weighted by Gasteiger charge is 2.11. The molecule has 1 aromatic carbocycles. The van der Waals surface area contributed by atoms with Crippen molar-refractivity contribution in [3.63, 3.8) is 0 Å². The van der Waals surface area contributed by atoms with Crippen molar-refractivity contribution in [2.24, 2.45) is 5.73 Å². The van der Waals surface area contributed by atoms with E-state index in [1.807, 2.05) is 36.4 Å². The van der Waals surface area contributed by atoms with E-state index in [0.717, 1.165) is 16.7 Å². The van der Waals surface area contributed by atoms with Gasteiger partial charge < -0.3 is 15.6 Å². The maximum Gasteiger partial charge on any atom is 0.320 e. The summed E-state index contributed by atoms with van der Waals surface area (Å²) in [5.74, 6) is -0.438. The molecule has 0 aliphatic heterocycles. The molecule has 0 radical (unpaired) electrons. The van der Waals surface area contributed by atoms with E-state index >= 15 is 0 Å². The van der Waals surface area contributed by atoms with Crippen LogP contribution in [0.1, 0.15) is 5.56 Å². The summed E-state index contributed by atoms with van der Waals surface area (Å²) in [6, 6.07) is 10.5. The molecule has 0 unspecified atom stereocenters. The number of rotatable bonds is 5. The van der Waals surface area contributed by atoms with Gasteiger partial charge in [0.15, 0.2) is 0 Å². The van der Waals surface area contributed by atoms with Gasteiger partial charge in [-0.2, -0.15) is 0 Å². The van der Waals surface area contributed by atoms with Gasteiger partial charge in [-0.1, -0.05) is 24.3 Å². The molecule has 1 atom stereocenters. The third-order valence-corrected chi connectivity index (χ3v) is 3.00. The highest BCUT2D eigenvalue weighted by Crippen LogP contribution is 2.22. The lowest BCUT2D eigenvalue weighted by molar-refractivity contribution is -0.138. The molecular formula is C15H16N2O3. The number of aromatic nitrogens is 1. The minimum absolute atomic E-state index is 0.315. The Labute approximate surface area is 117 Å². The summed E-state index contributed by atoms with van der Waals surface area (Å²) in [5, 5.41) is 8.79. The predicted molar refractivity (Wildman–Crippen MR) is 75.5 cm³/mol. The first-order valence-corrected chi connectivity index (χ1v) is 6.18. The molecule has 0 aliphatic rings. The molecule has 5 nitrogen and oxygen atoms in total. The Morgan fingerprint density at radius 1 is 1.30 bits per heavy atom. The van der Waals surface area contributed by atoms with Crippen molar-refractivity contribution >= 4 is 5.97 Å². The number of pyridine rings is 1. The van der Waals surface area contributed by atoms with Crippen LogP contribution >= 0.6 is 0 Å². The van der Waals surface area contributed by atoms with Crippen molar-refractivity contribution < 1.29 is 14.6 Å². The first kappa shape index (κ1) is 14.0. The number of hydrogen-bond acceptors (Lipinski definition) is 4. The van der Waals surface area contributed by atoms with E-state index in [-0.39, 0.29) is 0 Å². The Morgan fingerprint density at radius 3 is 2.60 bits per heavy atom. The van der Waals surface area contributed by atoms with Crippen molar-refractivity contribution in [2.45, 2.75) is 12.5 Å². The summed E-state index contributed by atoms with van der Waals surface area (Å²) in [5.41, 5.74) is 8.41. The number of hydrogen-bond donors (Lipinski definition) is 2. The minimum atomic E-state index is -0.993. The number of carboxylic acid groups (broad SMARTS) is 1. The Kier molecular flexibility index (Phi) is 4.32. The second kappa shape index (κ2) is 6.16. The smallest absolute Gasteiger partial charge is 0.320 e. The van der Waals surface area contributed by atoms with Crippen LogP contribution in [0.25, 0.3) is 11.1 Å². The zero-order chi connectivity index (χ0) is 14.5. The van der Waals surface area contributed by atoms with Gasteiger partial charge in [0, 0.05) is 12.3 Å². The molecule has 0 saturated heterocycles. The maximum absolute atomic E-state index is 10.7. The molecule has 20 heavy (non-hydrogen) atoms. The average molecular weight is 272 g/mol. The average Bonchev–Trinajstić information content (AvgIpc) is 2.48. The van der Waals surface area contributed by atoms with Crippen molar-refractivity contribution in [2.75, 3.05) is 7.11 Å². The predicted octanol–water partition coefficient (Wildman–Crippen LogP) is 1.71. The SMILES string of the molecule is COc1cc(-c2ccc(C[C@H](N)C(=O)O)cc2)ccn1. The Hall–Kier alpha value is -2.40. The molecular weight excluding hydrogens is 256 g/mol. The quantitative estimate of drug-likeness (QED) is 0.865. The third-order valence-electron chi connectivity index (χ3n) is 3.00. The summed E-state index contributed by atoms with van der Waals surface area (Å²) in [4.78, 5) is 14.8. The van der Waals surface area contributed by atoms with Gasteiger partial charge >= 0.3 is 5.97 Å². The topological polar surface area (TPSA) is 85.4 Å². The van der Waals surface area contributed by atoms with Crippen LogP contribution in [0.5, 0.6) is 5.88 Å². The number of carbonyl (C=O) groups is 1. The van der Waals surface area contributed by atoms with Crippen LogP contribution in [0.4, 0.5) is 0 Å². The van der Waals surface area contributed by atoms with E-state index in [1.54, 1.807) is 13.3 Å². The van der Waals surface area contributed by atoms with Gasteiger partial charge in [0.2, 0.25) is 5.88 Å². The second-order valence-electron chi connectivity index (χ2n) is 4.43. The first-order chi connectivity index (χ1) is 9.60. The maximum atomic E-state index is 10.7. The largest absolute Gasteiger partial charge is 0.481 e. The summed E-state index contributed by atoms with van der Waals surface area (Å²) >= 11 is 0. The van der Waals surface area contributed by atoms with Crippen molar-refractivity contribution in [3.8, 4) is 17.0 Å². The number of aliphatic carboxylic acids is 1. The standard InChI is InChI=1S/C15H16N2O3/c1-20-14-9-12(6-7-17-14)11-4-2-10(3-5-11)8-13(16)15(18)19/h2-7,9,13H,8,16H2,1H3,(H,18,19)/t13-/m0/s1. The van der Waals surface area contributed by atoms with E-state index in [4.69, 9.17) is 15.6 Å². The number of nitrogens with zero attached hydrogens (tertiary/aromatic N) is 1. The normalized spacial score (nSPS) is 11.9. The minimum Gasteiger partial charge on any atom is -0.481 e. The highest BCUT2D eigenvalue weighted by atomic mass is 16.5. The summed E-state index contributed by atoms with van der Waals surface area (Å²) in [6.07, 6.45) is 2.00.